The number of aromatic nitrogens is 3. The highest BCUT2D eigenvalue weighted by Crippen LogP contribution is 2.37. The third-order valence-corrected chi connectivity index (χ3v) is 6.60. The number of aryl methyl sites for hydroxylation is 1. The molecule has 7 heteroatoms. The number of nitrogens with zero attached hydrogens (tertiary/aromatic N) is 4. The summed E-state index contributed by atoms with van der Waals surface area (Å²) in [5, 5.41) is 8.94. The van der Waals surface area contributed by atoms with Gasteiger partial charge in [0.25, 0.3) is 0 Å². The SMILES string of the molecule is Cc1ccc(Cn2nc3n(c(=O)c2=O)CC2CN(Cc4ccsc4)CC32)cc1. The minimum Gasteiger partial charge on any atom is -0.298 e. The molecule has 0 N–H and O–H groups in total. The molecule has 6 nitrogen and oxygen atoms in total. The Hall–Kier alpha value is -2.51. The molecule has 0 spiro atoms. The van der Waals surface area contributed by atoms with E-state index in [-0.39, 0.29) is 5.92 Å². The average molecular weight is 395 g/mol. The van der Waals surface area contributed by atoms with Gasteiger partial charge in [-0.25, -0.2) is 4.68 Å². The van der Waals surface area contributed by atoms with Crippen LogP contribution in [0.2, 0.25) is 0 Å². The first-order chi connectivity index (χ1) is 13.6. The second kappa shape index (κ2) is 6.83. The Bertz CT molecular complexity index is 1110. The first kappa shape index (κ1) is 17.6. The Morgan fingerprint density at radius 1 is 1.00 bits per heavy atom. The largest absolute Gasteiger partial charge is 0.332 e. The van der Waals surface area contributed by atoms with Crippen molar-refractivity contribution < 1.29 is 0 Å². The summed E-state index contributed by atoms with van der Waals surface area (Å²) in [4.78, 5) is 27.7. The van der Waals surface area contributed by atoms with Crippen LogP contribution in [0.3, 0.4) is 0 Å². The van der Waals surface area contributed by atoms with E-state index in [1.165, 1.54) is 10.2 Å². The summed E-state index contributed by atoms with van der Waals surface area (Å²) < 4.78 is 2.97. The fourth-order valence-corrected chi connectivity index (χ4v) is 5.08. The highest BCUT2D eigenvalue weighted by atomic mass is 32.1. The third-order valence-electron chi connectivity index (χ3n) is 5.87. The van der Waals surface area contributed by atoms with Crippen molar-refractivity contribution in [1.29, 1.82) is 0 Å². The van der Waals surface area contributed by atoms with E-state index in [0.29, 0.717) is 19.0 Å². The molecule has 4 heterocycles. The van der Waals surface area contributed by atoms with E-state index in [4.69, 9.17) is 0 Å². The van der Waals surface area contributed by atoms with Crippen molar-refractivity contribution >= 4 is 11.3 Å². The van der Waals surface area contributed by atoms with Gasteiger partial charge in [-0.3, -0.25) is 19.1 Å². The van der Waals surface area contributed by atoms with Crippen LogP contribution in [-0.2, 0) is 19.6 Å². The van der Waals surface area contributed by atoms with Gasteiger partial charge in [0.1, 0.15) is 5.82 Å². The van der Waals surface area contributed by atoms with E-state index in [1.807, 2.05) is 31.2 Å². The Labute approximate surface area is 166 Å². The normalized spacial score (nSPS) is 21.0. The molecular formula is C21H22N4O2S. The molecule has 1 aromatic carbocycles. The number of thiophene rings is 1. The zero-order chi connectivity index (χ0) is 19.3. The summed E-state index contributed by atoms with van der Waals surface area (Å²) in [7, 11) is 0. The highest BCUT2D eigenvalue weighted by molar-refractivity contribution is 7.07. The van der Waals surface area contributed by atoms with E-state index in [9.17, 15) is 9.59 Å². The lowest BCUT2D eigenvalue weighted by Gasteiger charge is -2.17. The number of hydrogen-bond acceptors (Lipinski definition) is 5. The van der Waals surface area contributed by atoms with E-state index in [2.05, 4.69) is 26.8 Å². The molecule has 0 bridgehead atoms. The maximum Gasteiger partial charge on any atom is 0.332 e. The van der Waals surface area contributed by atoms with Gasteiger partial charge < -0.3 is 0 Å². The number of benzene rings is 1. The van der Waals surface area contributed by atoms with Crippen LogP contribution < -0.4 is 11.1 Å². The fraction of sp³-hybridized carbons (Fsp3) is 0.381. The van der Waals surface area contributed by atoms with Crippen molar-refractivity contribution in [3.63, 3.8) is 0 Å². The molecule has 0 aliphatic carbocycles. The molecule has 144 valence electrons. The summed E-state index contributed by atoms with van der Waals surface area (Å²) in [6.45, 7) is 5.72. The van der Waals surface area contributed by atoms with Crippen molar-refractivity contribution in [1.82, 2.24) is 19.2 Å². The topological polar surface area (TPSA) is 60.1 Å². The van der Waals surface area contributed by atoms with Crippen LogP contribution in [0.5, 0.6) is 0 Å². The summed E-state index contributed by atoms with van der Waals surface area (Å²) in [5.41, 5.74) is 2.51. The van der Waals surface area contributed by atoms with Crippen molar-refractivity contribution in [3.05, 3.63) is 84.3 Å². The van der Waals surface area contributed by atoms with Gasteiger partial charge in [-0.2, -0.15) is 16.4 Å². The smallest absolute Gasteiger partial charge is 0.298 e. The highest BCUT2D eigenvalue weighted by Gasteiger charge is 2.42. The van der Waals surface area contributed by atoms with Crippen LogP contribution in [0, 0.1) is 12.8 Å². The second-order valence-corrected chi connectivity index (χ2v) is 8.69. The van der Waals surface area contributed by atoms with Gasteiger partial charge >= 0.3 is 11.1 Å². The van der Waals surface area contributed by atoms with Crippen molar-refractivity contribution in [2.75, 3.05) is 13.1 Å². The standard InChI is InChI=1S/C21H22N4O2S/c1-14-2-4-15(5-3-14)9-25-21(27)20(26)24-11-17-10-23(8-16-6-7-28-13-16)12-18(17)19(24)22-25/h2-7,13,17-18H,8-12H2,1H3. The van der Waals surface area contributed by atoms with Gasteiger partial charge in [0.2, 0.25) is 0 Å². The van der Waals surface area contributed by atoms with Crippen molar-refractivity contribution in [2.24, 2.45) is 5.92 Å². The molecule has 2 aromatic heterocycles. The molecule has 1 saturated heterocycles. The number of hydrogen-bond donors (Lipinski definition) is 0. The van der Waals surface area contributed by atoms with E-state index < -0.39 is 11.1 Å². The summed E-state index contributed by atoms with van der Waals surface area (Å²) in [5.74, 6) is 1.35. The number of fused-ring (bicyclic) bond motifs is 3. The lowest BCUT2D eigenvalue weighted by Crippen LogP contribution is -2.44. The Morgan fingerprint density at radius 3 is 2.57 bits per heavy atom. The summed E-state index contributed by atoms with van der Waals surface area (Å²) in [6, 6.07) is 10.1. The minimum absolute atomic E-state index is 0.219. The molecule has 2 aliphatic rings. The molecule has 3 aromatic rings. The van der Waals surface area contributed by atoms with E-state index in [1.54, 1.807) is 15.9 Å². The Kier molecular flexibility index (Phi) is 4.29. The molecule has 2 atom stereocenters. The van der Waals surface area contributed by atoms with Gasteiger partial charge in [0.05, 0.1) is 6.54 Å². The van der Waals surface area contributed by atoms with Crippen LogP contribution in [0.25, 0.3) is 0 Å². The van der Waals surface area contributed by atoms with Gasteiger partial charge in [0.15, 0.2) is 0 Å². The fourth-order valence-electron chi connectivity index (χ4n) is 4.42. The first-order valence-electron chi connectivity index (χ1n) is 9.59. The zero-order valence-electron chi connectivity index (χ0n) is 15.7. The molecule has 2 unspecified atom stereocenters. The van der Waals surface area contributed by atoms with Gasteiger partial charge in [-0.15, -0.1) is 0 Å². The van der Waals surface area contributed by atoms with Crippen LogP contribution in [-0.4, -0.2) is 32.3 Å². The van der Waals surface area contributed by atoms with Gasteiger partial charge in [-0.1, -0.05) is 29.8 Å². The number of likely N-dealkylation sites (tertiary alicyclic amines) is 1. The van der Waals surface area contributed by atoms with Crippen LogP contribution in [0.15, 0.2) is 50.7 Å². The van der Waals surface area contributed by atoms with Crippen molar-refractivity contribution in [2.45, 2.75) is 32.5 Å². The maximum atomic E-state index is 12.7. The average Bonchev–Trinajstić information content (AvgIpc) is 3.39. The van der Waals surface area contributed by atoms with Crippen LogP contribution in [0.1, 0.15) is 28.4 Å². The zero-order valence-corrected chi connectivity index (χ0v) is 16.6. The third kappa shape index (κ3) is 3.04. The first-order valence-corrected chi connectivity index (χ1v) is 10.5. The Morgan fingerprint density at radius 2 is 1.82 bits per heavy atom. The van der Waals surface area contributed by atoms with Gasteiger partial charge in [0, 0.05) is 38.0 Å². The summed E-state index contributed by atoms with van der Waals surface area (Å²) >= 11 is 1.72. The quantitative estimate of drug-likeness (QED) is 0.636. The lowest BCUT2D eigenvalue weighted by molar-refractivity contribution is 0.304. The van der Waals surface area contributed by atoms with E-state index in [0.717, 1.165) is 36.6 Å². The maximum absolute atomic E-state index is 12.7. The molecule has 0 saturated carbocycles. The summed E-state index contributed by atoms with van der Waals surface area (Å²) in [6.07, 6.45) is 0. The van der Waals surface area contributed by atoms with Gasteiger partial charge in [-0.05, 0) is 34.9 Å². The molecule has 2 aliphatic heterocycles. The van der Waals surface area contributed by atoms with E-state index >= 15 is 0 Å². The molecule has 0 amide bonds. The predicted octanol–water partition coefficient (Wildman–Crippen LogP) is 2.05. The van der Waals surface area contributed by atoms with Crippen LogP contribution in [0.4, 0.5) is 0 Å². The van der Waals surface area contributed by atoms with Crippen LogP contribution >= 0.6 is 11.3 Å². The van der Waals surface area contributed by atoms with Crippen molar-refractivity contribution in [3.8, 4) is 0 Å². The monoisotopic (exact) mass is 394 g/mol. The second-order valence-electron chi connectivity index (χ2n) is 7.91. The number of rotatable bonds is 4. The minimum atomic E-state index is -0.528. The molecule has 1 fully saturated rings. The molecule has 0 radical (unpaired) electrons. The molecule has 28 heavy (non-hydrogen) atoms. The predicted molar refractivity (Wildman–Crippen MR) is 109 cm³/mol. The molecular weight excluding hydrogens is 372 g/mol. The lowest BCUT2D eigenvalue weighted by atomic mass is 10.00. The Balaban J connectivity index is 1.43. The molecule has 5 rings (SSSR count).